The van der Waals surface area contributed by atoms with Crippen molar-refractivity contribution in [3.63, 3.8) is 0 Å². The Kier molecular flexibility index (Phi) is 6.40. The maximum absolute atomic E-state index is 12.3. The maximum Gasteiger partial charge on any atom is 0.410 e. The van der Waals surface area contributed by atoms with Crippen LogP contribution in [0.3, 0.4) is 0 Å². The molecule has 2 heterocycles. The second-order valence-electron chi connectivity index (χ2n) is 10.3. The van der Waals surface area contributed by atoms with Gasteiger partial charge in [0.1, 0.15) is 11.8 Å². The lowest BCUT2D eigenvalue weighted by molar-refractivity contribution is -0.385. The number of nitrogens with zero attached hydrogens (tertiary/aromatic N) is 4. The summed E-state index contributed by atoms with van der Waals surface area (Å²) in [6, 6.07) is 7.45. The van der Waals surface area contributed by atoms with E-state index in [4.69, 9.17) is 4.74 Å². The number of rotatable bonds is 4. The van der Waals surface area contributed by atoms with Crippen LogP contribution in [0.1, 0.15) is 62.5 Å². The van der Waals surface area contributed by atoms with Crippen LogP contribution in [0.15, 0.2) is 36.0 Å². The van der Waals surface area contributed by atoms with Gasteiger partial charge >= 0.3 is 17.7 Å². The number of methoxy groups -OCH3 is 1. The minimum Gasteiger partial charge on any atom is -0.464 e. The number of nitro groups is 1. The molecule has 1 saturated heterocycles. The molecule has 0 N–H and O–H groups in total. The molecule has 1 aliphatic carbocycles. The standard InChI is InChI=1S/C25H30N4O6/c1-24(2,3)35-23(31)27-11-9-25(10-12-27)14-18(15-25)13-17-5-7-19(8-6-17)28-16-20(29(32)33)21(26-28)22(30)34-4/h5-8,13,16H,9-12,14-15H2,1-4H3. The van der Waals surface area contributed by atoms with Crippen molar-refractivity contribution in [1.82, 2.24) is 14.7 Å². The Hall–Kier alpha value is -3.69. The first-order chi connectivity index (χ1) is 16.5. The molecule has 2 fully saturated rings. The van der Waals surface area contributed by atoms with Crippen LogP contribution in [0.5, 0.6) is 0 Å². The molecule has 1 saturated carbocycles. The Morgan fingerprint density at radius 1 is 1.14 bits per heavy atom. The number of hydrogen-bond donors (Lipinski definition) is 0. The summed E-state index contributed by atoms with van der Waals surface area (Å²) in [5, 5.41) is 15.3. The fourth-order valence-corrected chi connectivity index (χ4v) is 4.69. The van der Waals surface area contributed by atoms with Gasteiger partial charge in [-0.1, -0.05) is 23.8 Å². The zero-order valence-electron chi connectivity index (χ0n) is 20.4. The van der Waals surface area contributed by atoms with Gasteiger partial charge in [-0.2, -0.15) is 5.10 Å². The monoisotopic (exact) mass is 482 g/mol. The highest BCUT2D eigenvalue weighted by atomic mass is 16.6. The lowest BCUT2D eigenvalue weighted by Gasteiger charge is -2.49. The van der Waals surface area contributed by atoms with E-state index in [1.165, 1.54) is 16.5 Å². The summed E-state index contributed by atoms with van der Waals surface area (Å²) in [5.74, 6) is -0.854. The lowest BCUT2D eigenvalue weighted by atomic mass is 9.60. The van der Waals surface area contributed by atoms with Gasteiger partial charge in [-0.15, -0.1) is 0 Å². The van der Waals surface area contributed by atoms with E-state index < -0.39 is 22.2 Å². The predicted octanol–water partition coefficient (Wildman–Crippen LogP) is 4.76. The summed E-state index contributed by atoms with van der Waals surface area (Å²) in [6.45, 7) is 7.08. The Labute approximate surface area is 203 Å². The van der Waals surface area contributed by atoms with Gasteiger partial charge < -0.3 is 14.4 Å². The van der Waals surface area contributed by atoms with E-state index in [1.54, 1.807) is 12.1 Å². The van der Waals surface area contributed by atoms with Crippen molar-refractivity contribution in [2.24, 2.45) is 5.41 Å². The molecule has 1 aromatic heterocycles. The minimum absolute atomic E-state index is 0.233. The van der Waals surface area contributed by atoms with Crippen molar-refractivity contribution in [1.29, 1.82) is 0 Å². The van der Waals surface area contributed by atoms with Gasteiger partial charge in [-0.25, -0.2) is 14.3 Å². The molecule has 0 bridgehead atoms. The highest BCUT2D eigenvalue weighted by molar-refractivity contribution is 5.91. The number of allylic oxidation sites excluding steroid dienone is 1. The van der Waals surface area contributed by atoms with Gasteiger partial charge in [0.25, 0.3) is 0 Å². The van der Waals surface area contributed by atoms with Gasteiger partial charge in [0.15, 0.2) is 0 Å². The van der Waals surface area contributed by atoms with E-state index in [1.807, 2.05) is 37.8 Å². The number of hydrogen-bond acceptors (Lipinski definition) is 7. The van der Waals surface area contributed by atoms with Crippen LogP contribution in [-0.4, -0.2) is 57.5 Å². The Bertz CT molecular complexity index is 1160. The number of ether oxygens (including phenoxy) is 2. The van der Waals surface area contributed by atoms with E-state index in [2.05, 4.69) is 15.9 Å². The molecule has 10 nitrogen and oxygen atoms in total. The Balaban J connectivity index is 1.36. The first-order valence-corrected chi connectivity index (χ1v) is 11.6. The zero-order valence-corrected chi connectivity index (χ0v) is 20.4. The summed E-state index contributed by atoms with van der Waals surface area (Å²) in [4.78, 5) is 36.5. The van der Waals surface area contributed by atoms with Crippen LogP contribution in [0.4, 0.5) is 10.5 Å². The van der Waals surface area contributed by atoms with Gasteiger partial charge in [0, 0.05) is 13.1 Å². The van der Waals surface area contributed by atoms with Crippen LogP contribution in [0.2, 0.25) is 0 Å². The predicted molar refractivity (Wildman–Crippen MR) is 128 cm³/mol. The minimum atomic E-state index is -0.854. The maximum atomic E-state index is 12.3. The summed E-state index contributed by atoms with van der Waals surface area (Å²) >= 11 is 0. The molecular weight excluding hydrogens is 452 g/mol. The second-order valence-corrected chi connectivity index (χ2v) is 10.3. The molecule has 0 atom stereocenters. The largest absolute Gasteiger partial charge is 0.464 e. The number of amides is 1. The van der Waals surface area contributed by atoms with Crippen LogP contribution < -0.4 is 0 Å². The van der Waals surface area contributed by atoms with Crippen LogP contribution in [-0.2, 0) is 9.47 Å². The van der Waals surface area contributed by atoms with Crippen molar-refractivity contribution < 1.29 is 24.0 Å². The number of esters is 1. The third-order valence-electron chi connectivity index (χ3n) is 6.48. The molecule has 1 spiro atoms. The normalized spacial score (nSPS) is 17.0. The average Bonchev–Trinajstić information content (AvgIpc) is 3.23. The van der Waals surface area contributed by atoms with E-state index in [-0.39, 0.29) is 17.2 Å². The first-order valence-electron chi connectivity index (χ1n) is 11.6. The number of carbonyl (C=O) groups excluding carboxylic acids is 2. The Morgan fingerprint density at radius 3 is 2.31 bits per heavy atom. The lowest BCUT2D eigenvalue weighted by Crippen LogP contribution is -2.47. The molecule has 0 unspecified atom stereocenters. The quantitative estimate of drug-likeness (QED) is 0.350. The number of aromatic nitrogens is 2. The molecule has 186 valence electrons. The third kappa shape index (κ3) is 5.36. The van der Waals surface area contributed by atoms with Crippen LogP contribution in [0, 0.1) is 15.5 Å². The fourth-order valence-electron chi connectivity index (χ4n) is 4.69. The molecule has 10 heteroatoms. The van der Waals surface area contributed by atoms with Gasteiger partial charge in [0.2, 0.25) is 5.69 Å². The van der Waals surface area contributed by atoms with Gasteiger partial charge in [-0.3, -0.25) is 10.1 Å². The van der Waals surface area contributed by atoms with E-state index in [9.17, 15) is 19.7 Å². The van der Waals surface area contributed by atoms with E-state index in [0.717, 1.165) is 51.4 Å². The van der Waals surface area contributed by atoms with E-state index in [0.29, 0.717) is 5.69 Å². The van der Waals surface area contributed by atoms with Crippen molar-refractivity contribution in [3.8, 4) is 5.69 Å². The number of benzene rings is 1. The van der Waals surface area contributed by atoms with E-state index >= 15 is 0 Å². The molecule has 2 aromatic rings. The zero-order chi connectivity index (χ0) is 25.4. The number of likely N-dealkylation sites (tertiary alicyclic amines) is 1. The molecule has 2 aliphatic rings. The number of carbonyl (C=O) groups is 2. The molecule has 1 aromatic carbocycles. The highest BCUT2D eigenvalue weighted by Crippen LogP contribution is 2.52. The third-order valence-corrected chi connectivity index (χ3v) is 6.48. The van der Waals surface area contributed by atoms with Crippen LogP contribution in [0.25, 0.3) is 11.8 Å². The molecule has 1 amide bonds. The summed E-state index contributed by atoms with van der Waals surface area (Å²) in [6.07, 6.45) is 7.13. The highest BCUT2D eigenvalue weighted by Gasteiger charge is 2.43. The van der Waals surface area contributed by atoms with Gasteiger partial charge in [-0.05, 0) is 69.6 Å². The molecule has 0 radical (unpaired) electrons. The summed E-state index contributed by atoms with van der Waals surface area (Å²) in [7, 11) is 1.16. The smallest absolute Gasteiger partial charge is 0.410 e. The number of piperidine rings is 1. The molecule has 4 rings (SSSR count). The molecule has 35 heavy (non-hydrogen) atoms. The van der Waals surface area contributed by atoms with Crippen molar-refractivity contribution in [2.75, 3.05) is 20.2 Å². The fraction of sp³-hybridized carbons (Fsp3) is 0.480. The second kappa shape index (κ2) is 9.16. The molecule has 1 aliphatic heterocycles. The SMILES string of the molecule is COC(=O)c1nn(-c2ccc(C=C3CC4(CCN(C(=O)OC(C)(C)C)CC4)C3)cc2)cc1[N+](=O)[O-]. The topological polar surface area (TPSA) is 117 Å². The van der Waals surface area contributed by atoms with Crippen molar-refractivity contribution in [3.05, 3.63) is 57.4 Å². The Morgan fingerprint density at radius 2 is 1.77 bits per heavy atom. The van der Waals surface area contributed by atoms with Gasteiger partial charge in [0.05, 0.1) is 17.7 Å². The first kappa shape index (κ1) is 24.4. The van der Waals surface area contributed by atoms with Crippen molar-refractivity contribution in [2.45, 2.75) is 52.1 Å². The van der Waals surface area contributed by atoms with Crippen molar-refractivity contribution >= 4 is 23.8 Å². The average molecular weight is 483 g/mol. The molecular formula is C25H30N4O6. The summed E-state index contributed by atoms with van der Waals surface area (Å²) in [5.41, 5.74) is 2.05. The summed E-state index contributed by atoms with van der Waals surface area (Å²) < 4.78 is 11.4. The van der Waals surface area contributed by atoms with Crippen LogP contribution >= 0.6 is 0 Å².